The van der Waals surface area contributed by atoms with E-state index < -0.39 is 0 Å². The summed E-state index contributed by atoms with van der Waals surface area (Å²) in [6, 6.07) is 1.88. The molecule has 2 aromatic rings. The summed E-state index contributed by atoms with van der Waals surface area (Å²) in [6.45, 7) is 3.79. The third-order valence-electron chi connectivity index (χ3n) is 4.31. The molecule has 1 fully saturated rings. The smallest absolute Gasteiger partial charge is 0.407 e. The fourth-order valence-corrected chi connectivity index (χ4v) is 3.09. The molecule has 0 spiro atoms. The quantitative estimate of drug-likeness (QED) is 0.756. The first-order valence-corrected chi connectivity index (χ1v) is 8.73. The van der Waals surface area contributed by atoms with Gasteiger partial charge in [0.15, 0.2) is 5.82 Å². The molecule has 2 aromatic heterocycles. The van der Waals surface area contributed by atoms with Crippen molar-refractivity contribution in [1.82, 2.24) is 25.3 Å². The standard InChI is InChI=1S/C17H24N6O3/c1-10(2)19-17(25)26-13-5-4-11(6-13)14-7-15(22-21-14)20-16(24)12-8-18-23(3)9-12/h7-11,13H,4-6H2,1-3H3,(H,19,25)(H2,20,21,22,24)/t11-,13+/m0/s1. The average molecular weight is 360 g/mol. The predicted octanol–water partition coefficient (Wildman–Crippen LogP) is 2.17. The summed E-state index contributed by atoms with van der Waals surface area (Å²) in [5, 5.41) is 16.6. The van der Waals surface area contributed by atoms with Gasteiger partial charge in [0.2, 0.25) is 0 Å². The number of rotatable bonds is 5. The molecule has 0 unspecified atom stereocenters. The third kappa shape index (κ3) is 4.41. The zero-order valence-corrected chi connectivity index (χ0v) is 15.2. The van der Waals surface area contributed by atoms with Crippen LogP contribution in [0.2, 0.25) is 0 Å². The average Bonchev–Trinajstić information content (AvgIpc) is 3.27. The van der Waals surface area contributed by atoms with E-state index in [1.54, 1.807) is 17.9 Å². The highest BCUT2D eigenvalue weighted by Gasteiger charge is 2.30. The summed E-state index contributed by atoms with van der Waals surface area (Å²) in [7, 11) is 1.75. The minimum Gasteiger partial charge on any atom is -0.446 e. The molecule has 2 heterocycles. The van der Waals surface area contributed by atoms with E-state index in [1.165, 1.54) is 6.20 Å². The molecular weight excluding hydrogens is 336 g/mol. The number of aromatic amines is 1. The van der Waals surface area contributed by atoms with E-state index in [0.717, 1.165) is 25.0 Å². The minimum absolute atomic E-state index is 0.0540. The van der Waals surface area contributed by atoms with Gasteiger partial charge in [-0.25, -0.2) is 4.79 Å². The van der Waals surface area contributed by atoms with Crippen LogP contribution in [-0.4, -0.2) is 44.1 Å². The first-order chi connectivity index (χ1) is 12.4. The molecule has 3 N–H and O–H groups in total. The fourth-order valence-electron chi connectivity index (χ4n) is 3.09. The maximum Gasteiger partial charge on any atom is 0.407 e. The maximum atomic E-state index is 12.1. The number of H-pyrrole nitrogens is 1. The highest BCUT2D eigenvalue weighted by Crippen LogP contribution is 2.35. The fraction of sp³-hybridized carbons (Fsp3) is 0.529. The SMILES string of the molecule is CC(C)NC(=O)O[C@@H]1CC[C@H](c2cc(NC(=O)c3cnn(C)c3)n[nH]2)C1. The molecule has 1 aliphatic carbocycles. The number of hydrogen-bond donors (Lipinski definition) is 3. The lowest BCUT2D eigenvalue weighted by molar-refractivity contribution is 0.0979. The molecule has 3 rings (SSSR count). The summed E-state index contributed by atoms with van der Waals surface area (Å²) in [6.07, 6.45) is 5.12. The van der Waals surface area contributed by atoms with Crippen LogP contribution in [0.25, 0.3) is 0 Å². The normalized spacial score (nSPS) is 19.5. The minimum atomic E-state index is -0.375. The van der Waals surface area contributed by atoms with Crippen molar-refractivity contribution in [2.45, 2.75) is 51.2 Å². The Morgan fingerprint density at radius 2 is 2.19 bits per heavy atom. The van der Waals surface area contributed by atoms with Crippen molar-refractivity contribution >= 4 is 17.8 Å². The van der Waals surface area contributed by atoms with Crippen LogP contribution in [0, 0.1) is 0 Å². The maximum absolute atomic E-state index is 12.1. The van der Waals surface area contributed by atoms with Crippen LogP contribution in [0.1, 0.15) is 55.1 Å². The van der Waals surface area contributed by atoms with Gasteiger partial charge in [-0.15, -0.1) is 0 Å². The van der Waals surface area contributed by atoms with E-state index in [1.807, 2.05) is 19.9 Å². The van der Waals surface area contributed by atoms with Crippen LogP contribution in [0.15, 0.2) is 18.5 Å². The van der Waals surface area contributed by atoms with Gasteiger partial charge in [0, 0.05) is 37.0 Å². The molecule has 0 aromatic carbocycles. The molecule has 1 saturated carbocycles. The molecule has 0 aliphatic heterocycles. The molecule has 9 nitrogen and oxygen atoms in total. The van der Waals surface area contributed by atoms with E-state index in [9.17, 15) is 9.59 Å². The Bertz CT molecular complexity index is 781. The number of amides is 2. The number of carbonyl (C=O) groups is 2. The van der Waals surface area contributed by atoms with Crippen LogP contribution >= 0.6 is 0 Å². The van der Waals surface area contributed by atoms with E-state index in [2.05, 4.69) is 25.9 Å². The van der Waals surface area contributed by atoms with Gasteiger partial charge in [-0.3, -0.25) is 14.6 Å². The van der Waals surface area contributed by atoms with Gasteiger partial charge < -0.3 is 15.4 Å². The van der Waals surface area contributed by atoms with E-state index in [4.69, 9.17) is 4.74 Å². The number of alkyl carbamates (subject to hydrolysis) is 1. The lowest BCUT2D eigenvalue weighted by Gasteiger charge is -2.14. The molecule has 2 atom stereocenters. The Kier molecular flexibility index (Phi) is 5.24. The van der Waals surface area contributed by atoms with Crippen molar-refractivity contribution < 1.29 is 14.3 Å². The number of nitrogens with one attached hydrogen (secondary N) is 3. The van der Waals surface area contributed by atoms with Crippen LogP contribution in [0.5, 0.6) is 0 Å². The Hall–Kier alpha value is -2.84. The summed E-state index contributed by atoms with van der Waals surface area (Å²) in [5.41, 5.74) is 1.41. The molecule has 0 bridgehead atoms. The van der Waals surface area contributed by atoms with Gasteiger partial charge in [0.25, 0.3) is 5.91 Å². The highest BCUT2D eigenvalue weighted by molar-refractivity contribution is 6.03. The second kappa shape index (κ2) is 7.59. The number of hydrogen-bond acceptors (Lipinski definition) is 5. The van der Waals surface area contributed by atoms with Crippen molar-refractivity contribution in [3.05, 3.63) is 29.7 Å². The van der Waals surface area contributed by atoms with Gasteiger partial charge in [-0.05, 0) is 33.1 Å². The largest absolute Gasteiger partial charge is 0.446 e. The molecule has 26 heavy (non-hydrogen) atoms. The lowest BCUT2D eigenvalue weighted by atomic mass is 10.0. The molecule has 0 radical (unpaired) electrons. The Labute approximate surface area is 151 Å². The number of anilines is 1. The van der Waals surface area contributed by atoms with Gasteiger partial charge in [-0.2, -0.15) is 10.2 Å². The molecular formula is C17H24N6O3. The van der Waals surface area contributed by atoms with Crippen molar-refractivity contribution in [2.24, 2.45) is 7.05 Å². The number of ether oxygens (including phenoxy) is 1. The lowest BCUT2D eigenvalue weighted by Crippen LogP contribution is -2.33. The van der Waals surface area contributed by atoms with Crippen molar-refractivity contribution in [2.75, 3.05) is 5.32 Å². The second-order valence-electron chi connectivity index (χ2n) is 6.90. The van der Waals surface area contributed by atoms with Gasteiger partial charge >= 0.3 is 6.09 Å². The van der Waals surface area contributed by atoms with Crippen LogP contribution < -0.4 is 10.6 Å². The van der Waals surface area contributed by atoms with Gasteiger partial charge in [0.05, 0.1) is 11.8 Å². The topological polar surface area (TPSA) is 114 Å². The Balaban J connectivity index is 1.53. The summed E-state index contributed by atoms with van der Waals surface area (Å²) < 4.78 is 7.01. The Morgan fingerprint density at radius 3 is 2.88 bits per heavy atom. The first kappa shape index (κ1) is 18.0. The number of aryl methyl sites for hydroxylation is 1. The summed E-state index contributed by atoms with van der Waals surface area (Å²) in [4.78, 5) is 23.8. The molecule has 0 saturated heterocycles. The zero-order valence-electron chi connectivity index (χ0n) is 15.2. The number of nitrogens with zero attached hydrogens (tertiary/aromatic N) is 3. The highest BCUT2D eigenvalue weighted by atomic mass is 16.6. The summed E-state index contributed by atoms with van der Waals surface area (Å²) in [5.74, 6) is 0.438. The van der Waals surface area contributed by atoms with Crippen molar-refractivity contribution in [1.29, 1.82) is 0 Å². The molecule has 2 amide bonds. The zero-order chi connectivity index (χ0) is 18.7. The van der Waals surface area contributed by atoms with Gasteiger partial charge in [-0.1, -0.05) is 0 Å². The Morgan fingerprint density at radius 1 is 1.38 bits per heavy atom. The van der Waals surface area contributed by atoms with Crippen LogP contribution in [0.3, 0.4) is 0 Å². The van der Waals surface area contributed by atoms with Crippen molar-refractivity contribution in [3.63, 3.8) is 0 Å². The number of carbonyl (C=O) groups excluding carboxylic acids is 2. The monoisotopic (exact) mass is 360 g/mol. The third-order valence-corrected chi connectivity index (χ3v) is 4.31. The van der Waals surface area contributed by atoms with Gasteiger partial charge in [0.1, 0.15) is 6.10 Å². The second-order valence-corrected chi connectivity index (χ2v) is 6.90. The summed E-state index contributed by atoms with van der Waals surface area (Å²) >= 11 is 0. The number of aromatic nitrogens is 4. The first-order valence-electron chi connectivity index (χ1n) is 8.73. The van der Waals surface area contributed by atoms with E-state index >= 15 is 0 Å². The molecule has 9 heteroatoms. The van der Waals surface area contributed by atoms with Crippen molar-refractivity contribution in [3.8, 4) is 0 Å². The molecule has 1 aliphatic rings. The van der Waals surface area contributed by atoms with Crippen LogP contribution in [0.4, 0.5) is 10.6 Å². The predicted molar refractivity (Wildman–Crippen MR) is 94.9 cm³/mol. The molecule has 140 valence electrons. The van der Waals surface area contributed by atoms with E-state index in [-0.39, 0.29) is 30.1 Å². The van der Waals surface area contributed by atoms with Crippen LogP contribution in [-0.2, 0) is 11.8 Å². The van der Waals surface area contributed by atoms with E-state index in [0.29, 0.717) is 11.4 Å².